The van der Waals surface area contributed by atoms with Gasteiger partial charge in [-0.2, -0.15) is 0 Å². The standard InChI is InChI=1S/C15H23ClN2O/c1-12-10-17-11-13(2)18(12)8-3-9-19-15-6-4-14(16)5-7-15/h4-7,12-13,17H,3,8-11H2,1-2H3. The van der Waals surface area contributed by atoms with Crippen LogP contribution in [0.3, 0.4) is 0 Å². The average Bonchev–Trinajstić information content (AvgIpc) is 2.39. The molecule has 1 fully saturated rings. The van der Waals surface area contributed by atoms with Crippen LogP contribution in [0.15, 0.2) is 24.3 Å². The van der Waals surface area contributed by atoms with E-state index in [1.807, 2.05) is 24.3 Å². The first-order chi connectivity index (χ1) is 9.16. The molecule has 1 aromatic rings. The molecule has 1 aromatic carbocycles. The topological polar surface area (TPSA) is 24.5 Å². The molecule has 3 nitrogen and oxygen atoms in total. The molecule has 0 saturated carbocycles. The summed E-state index contributed by atoms with van der Waals surface area (Å²) in [5.41, 5.74) is 0. The van der Waals surface area contributed by atoms with Crippen LogP contribution in [0.2, 0.25) is 5.02 Å². The SMILES string of the molecule is CC1CNCC(C)N1CCCOc1ccc(Cl)cc1. The van der Waals surface area contributed by atoms with Crippen molar-refractivity contribution in [1.82, 2.24) is 10.2 Å². The number of hydrogen-bond donors (Lipinski definition) is 1. The van der Waals surface area contributed by atoms with E-state index >= 15 is 0 Å². The molecule has 0 aromatic heterocycles. The highest BCUT2D eigenvalue weighted by Crippen LogP contribution is 2.16. The lowest BCUT2D eigenvalue weighted by Crippen LogP contribution is -2.55. The molecular weight excluding hydrogens is 260 g/mol. The Bertz CT molecular complexity index is 372. The van der Waals surface area contributed by atoms with E-state index in [2.05, 4.69) is 24.1 Å². The van der Waals surface area contributed by atoms with E-state index in [1.165, 1.54) is 0 Å². The maximum Gasteiger partial charge on any atom is 0.119 e. The lowest BCUT2D eigenvalue weighted by Gasteiger charge is -2.39. The van der Waals surface area contributed by atoms with Gasteiger partial charge in [-0.15, -0.1) is 0 Å². The molecule has 1 saturated heterocycles. The Morgan fingerprint density at radius 3 is 2.47 bits per heavy atom. The Morgan fingerprint density at radius 1 is 1.21 bits per heavy atom. The van der Waals surface area contributed by atoms with E-state index < -0.39 is 0 Å². The van der Waals surface area contributed by atoms with E-state index in [9.17, 15) is 0 Å². The first-order valence-electron chi connectivity index (χ1n) is 7.01. The minimum Gasteiger partial charge on any atom is -0.494 e. The van der Waals surface area contributed by atoms with Gasteiger partial charge in [0.2, 0.25) is 0 Å². The number of halogens is 1. The molecule has 1 N–H and O–H groups in total. The van der Waals surface area contributed by atoms with Crippen molar-refractivity contribution < 1.29 is 4.74 Å². The Balaban J connectivity index is 1.70. The quantitative estimate of drug-likeness (QED) is 0.841. The number of nitrogens with zero attached hydrogens (tertiary/aromatic N) is 1. The Kier molecular flexibility index (Phi) is 5.49. The first-order valence-corrected chi connectivity index (χ1v) is 7.39. The van der Waals surface area contributed by atoms with Gasteiger partial charge in [-0.05, 0) is 44.5 Å². The number of hydrogen-bond acceptors (Lipinski definition) is 3. The van der Waals surface area contributed by atoms with E-state index in [-0.39, 0.29) is 0 Å². The van der Waals surface area contributed by atoms with Gasteiger partial charge < -0.3 is 10.1 Å². The molecule has 2 unspecified atom stereocenters. The van der Waals surface area contributed by atoms with Crippen LogP contribution in [0.25, 0.3) is 0 Å². The Hall–Kier alpha value is -0.770. The molecule has 2 atom stereocenters. The number of benzene rings is 1. The average molecular weight is 283 g/mol. The monoisotopic (exact) mass is 282 g/mol. The molecule has 4 heteroatoms. The van der Waals surface area contributed by atoms with Crippen molar-refractivity contribution in [1.29, 1.82) is 0 Å². The molecule has 0 spiro atoms. The van der Waals surface area contributed by atoms with Crippen LogP contribution in [-0.4, -0.2) is 43.2 Å². The zero-order chi connectivity index (χ0) is 13.7. The van der Waals surface area contributed by atoms with Crippen molar-refractivity contribution in [2.45, 2.75) is 32.4 Å². The van der Waals surface area contributed by atoms with Crippen LogP contribution < -0.4 is 10.1 Å². The van der Waals surface area contributed by atoms with Crippen LogP contribution in [0.5, 0.6) is 5.75 Å². The second-order valence-electron chi connectivity index (χ2n) is 5.25. The van der Waals surface area contributed by atoms with Crippen LogP contribution >= 0.6 is 11.6 Å². The molecule has 0 aliphatic carbocycles. The van der Waals surface area contributed by atoms with Gasteiger partial charge >= 0.3 is 0 Å². The maximum atomic E-state index is 5.84. The summed E-state index contributed by atoms with van der Waals surface area (Å²) in [6, 6.07) is 8.77. The number of piperazine rings is 1. The summed E-state index contributed by atoms with van der Waals surface area (Å²) < 4.78 is 5.72. The molecule has 2 rings (SSSR count). The van der Waals surface area contributed by atoms with Crippen LogP contribution in [-0.2, 0) is 0 Å². The molecular formula is C15H23ClN2O. The zero-order valence-corrected chi connectivity index (χ0v) is 12.5. The van der Waals surface area contributed by atoms with Gasteiger partial charge in [0, 0.05) is 36.7 Å². The minimum atomic E-state index is 0.610. The van der Waals surface area contributed by atoms with Crippen molar-refractivity contribution >= 4 is 11.6 Å². The van der Waals surface area contributed by atoms with Crippen molar-refractivity contribution in [2.75, 3.05) is 26.2 Å². The summed E-state index contributed by atoms with van der Waals surface area (Å²) in [6.07, 6.45) is 1.05. The smallest absolute Gasteiger partial charge is 0.119 e. The van der Waals surface area contributed by atoms with Gasteiger partial charge in [0.05, 0.1) is 6.61 Å². The normalized spacial score (nSPS) is 24.4. The molecule has 1 aliphatic heterocycles. The van der Waals surface area contributed by atoms with Crippen LogP contribution in [0.4, 0.5) is 0 Å². The zero-order valence-electron chi connectivity index (χ0n) is 11.7. The molecule has 19 heavy (non-hydrogen) atoms. The lowest BCUT2D eigenvalue weighted by atomic mass is 10.1. The highest BCUT2D eigenvalue weighted by atomic mass is 35.5. The second kappa shape index (κ2) is 7.13. The largest absolute Gasteiger partial charge is 0.494 e. The van der Waals surface area contributed by atoms with Crippen LogP contribution in [0, 0.1) is 0 Å². The Labute approximate surface area is 120 Å². The fourth-order valence-corrected chi connectivity index (χ4v) is 2.70. The minimum absolute atomic E-state index is 0.610. The summed E-state index contributed by atoms with van der Waals surface area (Å²) in [6.45, 7) is 8.58. The van der Waals surface area contributed by atoms with Gasteiger partial charge in [0.25, 0.3) is 0 Å². The number of rotatable bonds is 5. The highest BCUT2D eigenvalue weighted by Gasteiger charge is 2.23. The molecule has 0 radical (unpaired) electrons. The number of ether oxygens (including phenoxy) is 1. The van der Waals surface area contributed by atoms with Crippen molar-refractivity contribution in [3.63, 3.8) is 0 Å². The molecule has 0 bridgehead atoms. The molecule has 1 heterocycles. The van der Waals surface area contributed by atoms with Crippen molar-refractivity contribution in [2.24, 2.45) is 0 Å². The van der Waals surface area contributed by atoms with Crippen LogP contribution in [0.1, 0.15) is 20.3 Å². The fraction of sp³-hybridized carbons (Fsp3) is 0.600. The predicted octanol–water partition coefficient (Wildman–Crippen LogP) is 2.79. The van der Waals surface area contributed by atoms with E-state index in [1.54, 1.807) is 0 Å². The van der Waals surface area contributed by atoms with E-state index in [0.29, 0.717) is 12.1 Å². The lowest BCUT2D eigenvalue weighted by molar-refractivity contribution is 0.109. The molecule has 106 valence electrons. The van der Waals surface area contributed by atoms with Gasteiger partial charge in [0.1, 0.15) is 5.75 Å². The van der Waals surface area contributed by atoms with Gasteiger partial charge in [-0.3, -0.25) is 4.90 Å². The third-order valence-electron chi connectivity index (χ3n) is 3.65. The highest BCUT2D eigenvalue weighted by molar-refractivity contribution is 6.30. The van der Waals surface area contributed by atoms with Crippen molar-refractivity contribution in [3.8, 4) is 5.75 Å². The van der Waals surface area contributed by atoms with Crippen molar-refractivity contribution in [3.05, 3.63) is 29.3 Å². The number of nitrogens with one attached hydrogen (secondary N) is 1. The summed E-state index contributed by atoms with van der Waals surface area (Å²) in [5.74, 6) is 0.894. The van der Waals surface area contributed by atoms with Gasteiger partial charge in [0.15, 0.2) is 0 Å². The summed E-state index contributed by atoms with van der Waals surface area (Å²) in [5, 5.41) is 4.20. The second-order valence-corrected chi connectivity index (χ2v) is 5.69. The first kappa shape index (κ1) is 14.6. The maximum absolute atomic E-state index is 5.84. The van der Waals surface area contributed by atoms with Gasteiger partial charge in [-0.1, -0.05) is 11.6 Å². The van der Waals surface area contributed by atoms with E-state index in [0.717, 1.165) is 43.4 Å². The third kappa shape index (κ3) is 4.37. The predicted molar refractivity (Wildman–Crippen MR) is 80.1 cm³/mol. The summed E-state index contributed by atoms with van der Waals surface area (Å²) in [4.78, 5) is 2.56. The summed E-state index contributed by atoms with van der Waals surface area (Å²) >= 11 is 5.84. The van der Waals surface area contributed by atoms with Gasteiger partial charge in [-0.25, -0.2) is 0 Å². The molecule has 1 aliphatic rings. The third-order valence-corrected chi connectivity index (χ3v) is 3.91. The fourth-order valence-electron chi connectivity index (χ4n) is 2.58. The Morgan fingerprint density at radius 2 is 1.84 bits per heavy atom. The van der Waals surface area contributed by atoms with E-state index in [4.69, 9.17) is 16.3 Å². The summed E-state index contributed by atoms with van der Waals surface area (Å²) in [7, 11) is 0. The molecule has 0 amide bonds.